The van der Waals surface area contributed by atoms with Crippen LogP contribution < -0.4 is 14.8 Å². The number of aromatic nitrogens is 2. The average molecular weight is 490 g/mol. The van der Waals surface area contributed by atoms with Gasteiger partial charge in [-0.15, -0.1) is 0 Å². The minimum Gasteiger partial charge on any atom is -0.497 e. The van der Waals surface area contributed by atoms with Crippen LogP contribution in [0.4, 0.5) is 5.69 Å². The van der Waals surface area contributed by atoms with Crippen LogP contribution in [0.2, 0.25) is 0 Å². The molecule has 35 heavy (non-hydrogen) atoms. The lowest BCUT2D eigenvalue weighted by Crippen LogP contribution is -2.26. The molecule has 9 nitrogen and oxygen atoms in total. The predicted octanol–water partition coefficient (Wildman–Crippen LogP) is 4.87. The van der Waals surface area contributed by atoms with Gasteiger partial charge in [-0.3, -0.25) is 9.59 Å². The van der Waals surface area contributed by atoms with Crippen molar-refractivity contribution in [3.8, 4) is 11.5 Å². The van der Waals surface area contributed by atoms with E-state index in [9.17, 15) is 9.59 Å². The molecular formula is C26H39N3O6. The van der Waals surface area contributed by atoms with Crippen LogP contribution in [0.15, 0.2) is 30.9 Å². The summed E-state index contributed by atoms with van der Waals surface area (Å²) in [6.07, 6.45) is 8.34. The number of rotatable bonds is 14. The molecule has 1 N–H and O–H groups in total. The lowest BCUT2D eigenvalue weighted by molar-refractivity contribution is -0.143. The van der Waals surface area contributed by atoms with Crippen molar-refractivity contribution < 1.29 is 28.5 Å². The molecule has 0 fully saturated rings. The van der Waals surface area contributed by atoms with E-state index in [1.54, 1.807) is 50.5 Å². The number of carbonyl (C=O) groups excluding carboxylic acids is 2. The van der Waals surface area contributed by atoms with Gasteiger partial charge in [-0.2, -0.15) is 0 Å². The molecule has 0 spiro atoms. The molecule has 1 amide bonds. The fourth-order valence-electron chi connectivity index (χ4n) is 3.75. The van der Waals surface area contributed by atoms with Crippen molar-refractivity contribution in [1.82, 2.24) is 9.55 Å². The Morgan fingerprint density at radius 1 is 1.14 bits per heavy atom. The van der Waals surface area contributed by atoms with Gasteiger partial charge >= 0.3 is 5.97 Å². The fourth-order valence-corrected chi connectivity index (χ4v) is 3.75. The number of anilines is 1. The number of unbranched alkanes of at least 4 members (excludes halogenated alkanes) is 2. The Morgan fingerprint density at radius 3 is 2.51 bits per heavy atom. The minimum atomic E-state index is -0.473. The Morgan fingerprint density at radius 2 is 1.91 bits per heavy atom. The number of esters is 1. The third kappa shape index (κ3) is 8.58. The normalized spacial score (nSPS) is 12.2. The molecule has 9 heteroatoms. The van der Waals surface area contributed by atoms with Crippen molar-refractivity contribution in [2.45, 2.75) is 71.3 Å². The number of benzene rings is 1. The zero-order valence-electron chi connectivity index (χ0n) is 21.8. The molecule has 0 bridgehead atoms. The first-order valence-corrected chi connectivity index (χ1v) is 12.0. The summed E-state index contributed by atoms with van der Waals surface area (Å²) in [5, 5.41) is 3.05. The first-order chi connectivity index (χ1) is 16.7. The van der Waals surface area contributed by atoms with Crippen molar-refractivity contribution >= 4 is 17.6 Å². The Balaban J connectivity index is 2.22. The van der Waals surface area contributed by atoms with Gasteiger partial charge in [0.1, 0.15) is 17.5 Å². The van der Waals surface area contributed by atoms with Crippen molar-refractivity contribution in [3.05, 3.63) is 36.4 Å². The summed E-state index contributed by atoms with van der Waals surface area (Å²) >= 11 is 0. The van der Waals surface area contributed by atoms with Gasteiger partial charge in [0.15, 0.2) is 6.79 Å². The van der Waals surface area contributed by atoms with Gasteiger partial charge in [0.25, 0.3) is 0 Å². The van der Waals surface area contributed by atoms with Crippen LogP contribution >= 0.6 is 0 Å². The first kappa shape index (κ1) is 28.2. The van der Waals surface area contributed by atoms with Crippen molar-refractivity contribution in [3.63, 3.8) is 0 Å². The number of methoxy groups -OCH3 is 2. The molecule has 2 rings (SSSR count). The summed E-state index contributed by atoms with van der Waals surface area (Å²) in [5.41, 5.74) is 1.14. The van der Waals surface area contributed by atoms with Crippen molar-refractivity contribution in [1.29, 1.82) is 0 Å². The molecule has 1 heterocycles. The highest BCUT2D eigenvalue weighted by atomic mass is 16.7. The highest BCUT2D eigenvalue weighted by Gasteiger charge is 2.26. The monoisotopic (exact) mass is 489 g/mol. The largest absolute Gasteiger partial charge is 0.497 e. The second-order valence-corrected chi connectivity index (χ2v) is 9.27. The SMILES string of the molecule is CCOC(=O)CCCCCC(C(=O)Nc1cc(OC)cc(C(C)(C)C)c1OCOC)n1ccnc1. The first-order valence-electron chi connectivity index (χ1n) is 12.0. The molecule has 1 atom stereocenters. The van der Waals surface area contributed by atoms with Gasteiger partial charge in [-0.05, 0) is 31.2 Å². The summed E-state index contributed by atoms with van der Waals surface area (Å²) in [6, 6.07) is 3.19. The number of amides is 1. The van der Waals surface area contributed by atoms with Crippen molar-refractivity contribution in [2.75, 3.05) is 32.9 Å². The highest BCUT2D eigenvalue weighted by Crippen LogP contribution is 2.41. The maximum absolute atomic E-state index is 13.5. The van der Waals surface area contributed by atoms with E-state index in [0.29, 0.717) is 36.6 Å². The van der Waals surface area contributed by atoms with E-state index in [4.69, 9.17) is 18.9 Å². The molecular weight excluding hydrogens is 450 g/mol. The molecule has 0 saturated heterocycles. The molecule has 0 aliphatic rings. The number of nitrogens with zero attached hydrogens (tertiary/aromatic N) is 2. The number of carbonyl (C=O) groups is 2. The number of imidazole rings is 1. The van der Waals surface area contributed by atoms with E-state index in [0.717, 1.165) is 24.8 Å². The number of hydrogen-bond acceptors (Lipinski definition) is 7. The molecule has 1 aromatic carbocycles. The molecule has 194 valence electrons. The summed E-state index contributed by atoms with van der Waals surface area (Å²) < 4.78 is 23.3. The van der Waals surface area contributed by atoms with Crippen LogP contribution in [0.25, 0.3) is 0 Å². The smallest absolute Gasteiger partial charge is 0.305 e. The fraction of sp³-hybridized carbons (Fsp3) is 0.577. The Labute approximate surface area is 208 Å². The van der Waals surface area contributed by atoms with Crippen LogP contribution in [0, 0.1) is 0 Å². The molecule has 2 aromatic rings. The summed E-state index contributed by atoms with van der Waals surface area (Å²) in [7, 11) is 3.14. The maximum Gasteiger partial charge on any atom is 0.305 e. The lowest BCUT2D eigenvalue weighted by atomic mass is 9.85. The van der Waals surface area contributed by atoms with E-state index < -0.39 is 6.04 Å². The standard InChI is InChI=1S/C26H39N3O6/c1-7-34-23(30)12-10-8-9-11-22(29-14-13-27-17-29)25(31)28-21-16-19(33-6)15-20(26(2,3)4)24(21)35-18-32-5/h13-17,22H,7-12,18H2,1-6H3,(H,28,31). The van der Waals surface area contributed by atoms with Crippen molar-refractivity contribution in [2.24, 2.45) is 0 Å². The number of hydrogen-bond donors (Lipinski definition) is 1. The molecule has 1 unspecified atom stereocenters. The third-order valence-electron chi connectivity index (χ3n) is 5.54. The number of ether oxygens (including phenoxy) is 4. The van der Waals surface area contributed by atoms with Crippen LogP contribution in [0.1, 0.15) is 71.4 Å². The maximum atomic E-state index is 13.5. The van der Waals surface area contributed by atoms with Gasteiger partial charge in [0.05, 0.1) is 25.7 Å². The van der Waals surface area contributed by atoms with Gasteiger partial charge in [0, 0.05) is 37.6 Å². The average Bonchev–Trinajstić information content (AvgIpc) is 3.34. The predicted molar refractivity (Wildman–Crippen MR) is 134 cm³/mol. The summed E-state index contributed by atoms with van der Waals surface area (Å²) in [5.74, 6) is 0.789. The van der Waals surface area contributed by atoms with Crippen LogP contribution in [-0.2, 0) is 24.5 Å². The van der Waals surface area contributed by atoms with Gasteiger partial charge in [-0.25, -0.2) is 4.98 Å². The molecule has 1 aromatic heterocycles. The minimum absolute atomic E-state index is 0.0453. The molecule has 0 aliphatic carbocycles. The topological polar surface area (TPSA) is 101 Å². The van der Waals surface area contributed by atoms with Gasteiger partial charge in [0.2, 0.25) is 5.91 Å². The van der Waals surface area contributed by atoms with E-state index >= 15 is 0 Å². The second-order valence-electron chi connectivity index (χ2n) is 9.27. The second kappa shape index (κ2) is 13.7. The summed E-state index contributed by atoms with van der Waals surface area (Å²) in [4.78, 5) is 29.2. The van der Waals surface area contributed by atoms with Crippen LogP contribution in [-0.4, -0.2) is 49.0 Å². The summed E-state index contributed by atoms with van der Waals surface area (Å²) in [6.45, 7) is 8.43. The third-order valence-corrected chi connectivity index (χ3v) is 5.54. The number of nitrogens with one attached hydrogen (secondary N) is 1. The van der Waals surface area contributed by atoms with Crippen LogP contribution in [0.3, 0.4) is 0 Å². The zero-order valence-corrected chi connectivity index (χ0v) is 21.8. The van der Waals surface area contributed by atoms with Gasteiger partial charge < -0.3 is 28.8 Å². The van der Waals surface area contributed by atoms with E-state index in [-0.39, 0.29) is 24.1 Å². The quantitative estimate of drug-likeness (QED) is 0.230. The Hall–Kier alpha value is -3.07. The highest BCUT2D eigenvalue weighted by molar-refractivity contribution is 5.95. The van der Waals surface area contributed by atoms with Gasteiger partial charge in [-0.1, -0.05) is 33.6 Å². The van der Waals surface area contributed by atoms with E-state index in [2.05, 4.69) is 31.1 Å². The van der Waals surface area contributed by atoms with E-state index in [1.807, 2.05) is 6.07 Å². The Kier molecular flexibility index (Phi) is 11.0. The Bertz CT molecular complexity index is 937. The van der Waals surface area contributed by atoms with Crippen LogP contribution in [0.5, 0.6) is 11.5 Å². The van der Waals surface area contributed by atoms with E-state index in [1.165, 1.54) is 0 Å². The lowest BCUT2D eigenvalue weighted by Gasteiger charge is -2.26. The zero-order chi connectivity index (χ0) is 25.8. The molecule has 0 saturated carbocycles. The molecule has 0 aliphatic heterocycles. The molecule has 0 radical (unpaired) electrons.